The molecule has 10 heteroatoms. The molecule has 138 valence electrons. The van der Waals surface area contributed by atoms with Crippen LogP contribution in [0.2, 0.25) is 5.28 Å². The van der Waals surface area contributed by atoms with Gasteiger partial charge in [-0.2, -0.15) is 0 Å². The molecule has 2 N–H and O–H groups in total. The highest BCUT2D eigenvalue weighted by atomic mass is 35.5. The molecular weight excluding hydrogens is 362 g/mol. The van der Waals surface area contributed by atoms with Crippen LogP contribution in [0.3, 0.4) is 0 Å². The summed E-state index contributed by atoms with van der Waals surface area (Å²) in [5, 5.41) is 11.0. The van der Waals surface area contributed by atoms with Crippen LogP contribution >= 0.6 is 11.6 Å². The van der Waals surface area contributed by atoms with E-state index in [-0.39, 0.29) is 5.28 Å². The second-order valence-electron chi connectivity index (χ2n) is 6.65. The maximum atomic E-state index is 12.3. The van der Waals surface area contributed by atoms with E-state index in [1.54, 1.807) is 13.0 Å². The molecule has 26 heavy (non-hydrogen) atoms. The number of anilines is 1. The molecule has 2 aromatic rings. The Kier molecular flexibility index (Phi) is 3.90. The molecule has 0 radical (unpaired) electrons. The Morgan fingerprint density at radius 3 is 2.92 bits per heavy atom. The monoisotopic (exact) mass is 379 g/mol. The Labute approximate surface area is 153 Å². The quantitative estimate of drug-likeness (QED) is 0.733. The number of hydrogen-bond donors (Lipinski definition) is 2. The minimum Gasteiger partial charge on any atom is -0.388 e. The first kappa shape index (κ1) is 17.2. The lowest BCUT2D eigenvalue weighted by atomic mass is 9.96. The lowest BCUT2D eigenvalue weighted by Gasteiger charge is -2.37. The molecule has 2 aliphatic heterocycles. The van der Waals surface area contributed by atoms with Crippen molar-refractivity contribution in [1.29, 1.82) is 0 Å². The molecule has 0 saturated carbocycles. The zero-order valence-corrected chi connectivity index (χ0v) is 15.0. The molecule has 0 aliphatic carbocycles. The molecule has 4 heterocycles. The molecular formula is C16H18ClN5O4. The zero-order chi connectivity index (χ0) is 18.6. The van der Waals surface area contributed by atoms with Gasteiger partial charge in [-0.3, -0.25) is 14.3 Å². The number of aliphatic hydroxyl groups excluding tert-OH is 1. The molecule has 2 fully saturated rings. The van der Waals surface area contributed by atoms with Crippen LogP contribution in [0, 0.1) is 6.92 Å². The van der Waals surface area contributed by atoms with Gasteiger partial charge in [0.05, 0.1) is 6.54 Å². The van der Waals surface area contributed by atoms with Crippen LogP contribution in [0.5, 0.6) is 0 Å². The van der Waals surface area contributed by atoms with E-state index in [0.29, 0.717) is 24.3 Å². The van der Waals surface area contributed by atoms with Crippen LogP contribution in [0.1, 0.15) is 25.1 Å². The lowest BCUT2D eigenvalue weighted by Crippen LogP contribution is -2.48. The third-order valence-corrected chi connectivity index (χ3v) is 5.41. The average Bonchev–Trinajstić information content (AvgIpc) is 3.06. The largest absolute Gasteiger partial charge is 0.388 e. The molecule has 2 bridgehead atoms. The number of nitrogens with one attached hydrogen (secondary N) is 1. The Balaban J connectivity index is 1.82. The highest BCUT2D eigenvalue weighted by Crippen LogP contribution is 2.49. The number of aliphatic hydroxyl groups is 1. The number of morpholine rings is 1. The smallest absolute Gasteiger partial charge is 0.330 e. The van der Waals surface area contributed by atoms with Crippen molar-refractivity contribution in [3.63, 3.8) is 0 Å². The summed E-state index contributed by atoms with van der Waals surface area (Å²) in [5.41, 5.74) is -1.49. The second kappa shape index (κ2) is 5.90. The van der Waals surface area contributed by atoms with Gasteiger partial charge in [0.15, 0.2) is 6.23 Å². The number of aromatic amines is 1. The van der Waals surface area contributed by atoms with Crippen LogP contribution in [-0.2, 0) is 4.74 Å². The first-order valence-electron chi connectivity index (χ1n) is 8.29. The molecule has 2 saturated heterocycles. The molecule has 9 nitrogen and oxygen atoms in total. The highest BCUT2D eigenvalue weighted by Gasteiger charge is 2.63. The number of nitrogens with zero attached hydrogens (tertiary/aromatic N) is 4. The topological polar surface area (TPSA) is 113 Å². The Morgan fingerprint density at radius 2 is 2.27 bits per heavy atom. The molecule has 4 atom stereocenters. The Hall–Kier alpha value is -2.23. The van der Waals surface area contributed by atoms with Gasteiger partial charge in [0.1, 0.15) is 23.6 Å². The third-order valence-electron chi connectivity index (χ3n) is 5.23. The van der Waals surface area contributed by atoms with Gasteiger partial charge in [-0.05, 0) is 31.0 Å². The predicted octanol–water partition coefficient (Wildman–Crippen LogP) is 0.216. The van der Waals surface area contributed by atoms with E-state index in [2.05, 4.69) is 15.0 Å². The van der Waals surface area contributed by atoms with Crippen LogP contribution in [0.25, 0.3) is 0 Å². The van der Waals surface area contributed by atoms with Crippen molar-refractivity contribution in [2.45, 2.75) is 44.2 Å². The Bertz CT molecular complexity index is 976. The number of rotatable bonds is 3. The molecule has 0 spiro atoms. The summed E-state index contributed by atoms with van der Waals surface area (Å²) >= 11 is 5.91. The van der Waals surface area contributed by atoms with Crippen molar-refractivity contribution in [3.8, 4) is 0 Å². The van der Waals surface area contributed by atoms with Crippen LogP contribution < -0.4 is 16.1 Å². The maximum absolute atomic E-state index is 12.3. The first-order chi connectivity index (χ1) is 12.4. The fourth-order valence-corrected chi connectivity index (χ4v) is 3.96. The zero-order valence-electron chi connectivity index (χ0n) is 14.2. The van der Waals surface area contributed by atoms with Gasteiger partial charge in [0, 0.05) is 18.0 Å². The standard InChI is InChI=1S/C16H18ClN5O4/c1-3-16-7-22(9-4-5-18-14(17)19-9)10(11(16)23)13(26-16)21-6-8(2)12(24)20-15(21)25/h4-6,10-11,13,23H,3,7H2,1-2H3,(H,20,24,25)/t10-,11+,13-,16+/m1/s1. The van der Waals surface area contributed by atoms with Crippen molar-refractivity contribution in [2.75, 3.05) is 11.4 Å². The van der Waals surface area contributed by atoms with Crippen LogP contribution in [-0.4, -0.2) is 48.9 Å². The molecule has 2 aliphatic rings. The molecule has 0 amide bonds. The van der Waals surface area contributed by atoms with E-state index in [4.69, 9.17) is 16.3 Å². The van der Waals surface area contributed by atoms with Crippen molar-refractivity contribution in [2.24, 2.45) is 0 Å². The SMILES string of the molecule is CC[C@@]12CN(c3ccnc(Cl)n3)[C@@H]([C@H](n3cc(C)c(=O)[nH]c3=O)O1)[C@@H]2O. The van der Waals surface area contributed by atoms with Gasteiger partial charge in [0.2, 0.25) is 5.28 Å². The third kappa shape index (κ3) is 2.38. The van der Waals surface area contributed by atoms with Crippen molar-refractivity contribution in [1.82, 2.24) is 19.5 Å². The van der Waals surface area contributed by atoms with E-state index in [1.807, 2.05) is 11.8 Å². The normalized spacial score (nSPS) is 30.2. The average molecular weight is 380 g/mol. The number of H-pyrrole nitrogens is 1. The number of aromatic nitrogens is 4. The van der Waals surface area contributed by atoms with Crippen LogP contribution in [0.15, 0.2) is 28.0 Å². The van der Waals surface area contributed by atoms with Crippen molar-refractivity contribution < 1.29 is 9.84 Å². The minimum absolute atomic E-state index is 0.0971. The van der Waals surface area contributed by atoms with Gasteiger partial charge >= 0.3 is 5.69 Å². The highest BCUT2D eigenvalue weighted by molar-refractivity contribution is 6.28. The number of aryl methyl sites for hydroxylation is 1. The summed E-state index contributed by atoms with van der Waals surface area (Å²) in [6, 6.07) is 1.14. The number of fused-ring (bicyclic) bond motifs is 2. The van der Waals surface area contributed by atoms with E-state index in [0.717, 1.165) is 0 Å². The first-order valence-corrected chi connectivity index (χ1v) is 8.67. The van der Waals surface area contributed by atoms with Gasteiger partial charge < -0.3 is 14.7 Å². The summed E-state index contributed by atoms with van der Waals surface area (Å²) < 4.78 is 7.44. The van der Waals surface area contributed by atoms with E-state index >= 15 is 0 Å². The molecule has 0 aromatic carbocycles. The fourth-order valence-electron chi connectivity index (χ4n) is 3.82. The summed E-state index contributed by atoms with van der Waals surface area (Å²) in [6.45, 7) is 3.94. The number of halogens is 1. The summed E-state index contributed by atoms with van der Waals surface area (Å²) in [7, 11) is 0. The van der Waals surface area contributed by atoms with Gasteiger partial charge in [-0.15, -0.1) is 0 Å². The van der Waals surface area contributed by atoms with E-state index in [1.165, 1.54) is 17.0 Å². The Morgan fingerprint density at radius 1 is 1.50 bits per heavy atom. The van der Waals surface area contributed by atoms with Crippen LogP contribution in [0.4, 0.5) is 5.82 Å². The van der Waals surface area contributed by atoms with Gasteiger partial charge in [0.25, 0.3) is 5.56 Å². The molecule has 0 unspecified atom stereocenters. The summed E-state index contributed by atoms with van der Waals surface area (Å²) in [4.78, 5) is 36.3. The minimum atomic E-state index is -0.837. The molecule has 4 rings (SSSR count). The van der Waals surface area contributed by atoms with Crippen molar-refractivity contribution >= 4 is 17.4 Å². The second-order valence-corrected chi connectivity index (χ2v) is 6.99. The number of hydrogen-bond acceptors (Lipinski definition) is 7. The van der Waals surface area contributed by atoms with Gasteiger partial charge in [-0.1, -0.05) is 6.92 Å². The lowest BCUT2D eigenvalue weighted by molar-refractivity contribution is -0.107. The molecule has 2 aromatic heterocycles. The summed E-state index contributed by atoms with van der Waals surface area (Å²) in [6.07, 6.45) is 1.94. The summed E-state index contributed by atoms with van der Waals surface area (Å²) in [5.74, 6) is 0.548. The number of ether oxygens (including phenoxy) is 1. The van der Waals surface area contributed by atoms with E-state index < -0.39 is 35.2 Å². The van der Waals surface area contributed by atoms with E-state index in [9.17, 15) is 14.7 Å². The predicted molar refractivity (Wildman–Crippen MR) is 93.4 cm³/mol. The maximum Gasteiger partial charge on any atom is 0.330 e. The van der Waals surface area contributed by atoms with Crippen molar-refractivity contribution in [3.05, 3.63) is 50.1 Å². The fraction of sp³-hybridized carbons (Fsp3) is 0.500. The van der Waals surface area contributed by atoms with Gasteiger partial charge in [-0.25, -0.2) is 14.8 Å².